The molecule has 0 atom stereocenters. The molecule has 10 aromatic carbocycles. The molecule has 13 rings (SSSR count). The zero-order valence-corrected chi connectivity index (χ0v) is 33.6. The maximum atomic E-state index is 5.33. The van der Waals surface area contributed by atoms with E-state index in [2.05, 4.69) is 215 Å². The molecule has 0 aliphatic heterocycles. The van der Waals surface area contributed by atoms with E-state index in [4.69, 9.17) is 9.97 Å². The Hall–Kier alpha value is -8.34. The van der Waals surface area contributed by atoms with Crippen LogP contribution in [-0.2, 0) is 0 Å². The molecule has 4 heteroatoms. The van der Waals surface area contributed by atoms with Crippen LogP contribution in [0.2, 0.25) is 0 Å². The van der Waals surface area contributed by atoms with Crippen LogP contribution in [0.5, 0.6) is 0 Å². The molecule has 13 aromatic rings. The smallest absolute Gasteiger partial charge is 0.161 e. The summed E-state index contributed by atoms with van der Waals surface area (Å²) in [5, 5.41) is 12.1. The third-order valence-electron chi connectivity index (χ3n) is 12.7. The lowest BCUT2D eigenvalue weighted by Gasteiger charge is -2.15. The molecule has 62 heavy (non-hydrogen) atoms. The number of hydrogen-bond acceptors (Lipinski definition) is 2. The summed E-state index contributed by atoms with van der Waals surface area (Å²) in [6.07, 6.45) is 0. The van der Waals surface area contributed by atoms with Crippen molar-refractivity contribution in [2.75, 3.05) is 0 Å². The van der Waals surface area contributed by atoms with Gasteiger partial charge in [0, 0.05) is 49.6 Å². The molecule has 0 fully saturated rings. The number of fused-ring (bicyclic) bond motifs is 10. The molecule has 0 N–H and O–H groups in total. The highest BCUT2D eigenvalue weighted by Crippen LogP contribution is 2.43. The highest BCUT2D eigenvalue weighted by atomic mass is 15.0. The van der Waals surface area contributed by atoms with Crippen molar-refractivity contribution in [2.45, 2.75) is 0 Å². The summed E-state index contributed by atoms with van der Waals surface area (Å²) in [6, 6.07) is 78.6. The van der Waals surface area contributed by atoms with Gasteiger partial charge >= 0.3 is 0 Å². The summed E-state index contributed by atoms with van der Waals surface area (Å²) in [4.78, 5) is 10.7. The Morgan fingerprint density at radius 3 is 1.61 bits per heavy atom. The molecular weight excluding hydrogens is 753 g/mol. The molecule has 0 aliphatic carbocycles. The standard InChI is InChI=1S/C58H36N4/c1-3-17-39(18-4-1)51-35-52(40-19-5-2-6-20-40)60-58(59-51)49-33-44(32-42-22-10-11-23-45(42)49)62-53-26-14-13-25-47(53)48-34-50-56(36-55(48)62)61(43-29-27-37-15-7-8-21-41(37)31-43)54-30-28-38-16-9-12-24-46(38)57(50)54/h1-36H. The largest absolute Gasteiger partial charge is 0.309 e. The Morgan fingerprint density at radius 1 is 0.290 bits per heavy atom. The van der Waals surface area contributed by atoms with Crippen molar-refractivity contribution in [1.82, 2.24) is 19.1 Å². The SMILES string of the molecule is c1ccc(-c2cc(-c3ccccc3)nc(-c3cc(-n4c5ccccc5c5cc6c7c8ccccc8ccc7n(-c7ccc8ccccc8c7)c6cc54)cc4ccccc34)n2)cc1. The number of rotatable bonds is 5. The van der Waals surface area contributed by atoms with Crippen LogP contribution in [0, 0.1) is 0 Å². The topological polar surface area (TPSA) is 35.6 Å². The first-order chi connectivity index (χ1) is 30.7. The predicted octanol–water partition coefficient (Wildman–Crippen LogP) is 15.1. The lowest BCUT2D eigenvalue weighted by Crippen LogP contribution is -2.00. The lowest BCUT2D eigenvalue weighted by atomic mass is 10.0. The molecular formula is C58H36N4. The first-order valence-electron chi connectivity index (χ1n) is 21.2. The molecule has 4 nitrogen and oxygen atoms in total. The van der Waals surface area contributed by atoms with E-state index in [1.807, 2.05) is 12.1 Å². The lowest BCUT2D eigenvalue weighted by molar-refractivity contribution is 1.16. The fourth-order valence-electron chi connectivity index (χ4n) is 9.81. The van der Waals surface area contributed by atoms with Gasteiger partial charge in [-0.2, -0.15) is 0 Å². The van der Waals surface area contributed by atoms with Gasteiger partial charge in [-0.15, -0.1) is 0 Å². The fourth-order valence-corrected chi connectivity index (χ4v) is 9.81. The van der Waals surface area contributed by atoms with Gasteiger partial charge < -0.3 is 9.13 Å². The minimum atomic E-state index is 0.690. The van der Waals surface area contributed by atoms with Crippen LogP contribution >= 0.6 is 0 Å². The second kappa shape index (κ2) is 13.6. The zero-order chi connectivity index (χ0) is 40.7. The monoisotopic (exact) mass is 788 g/mol. The van der Waals surface area contributed by atoms with Gasteiger partial charge in [-0.1, -0.05) is 164 Å². The van der Waals surface area contributed by atoms with Crippen molar-refractivity contribution >= 4 is 75.9 Å². The maximum Gasteiger partial charge on any atom is 0.161 e. The Kier molecular flexibility index (Phi) is 7.57. The first kappa shape index (κ1) is 34.5. The van der Waals surface area contributed by atoms with Crippen molar-refractivity contribution in [3.05, 3.63) is 218 Å². The van der Waals surface area contributed by atoms with E-state index in [0.717, 1.165) is 66.8 Å². The summed E-state index contributed by atoms with van der Waals surface area (Å²) in [6.45, 7) is 0. The van der Waals surface area contributed by atoms with Crippen LogP contribution in [0.15, 0.2) is 218 Å². The molecule has 0 bridgehead atoms. The van der Waals surface area contributed by atoms with Gasteiger partial charge in [0.1, 0.15) is 0 Å². The van der Waals surface area contributed by atoms with Gasteiger partial charge in [-0.3, -0.25) is 0 Å². The molecule has 0 saturated carbocycles. The predicted molar refractivity (Wildman–Crippen MR) is 260 cm³/mol. The van der Waals surface area contributed by atoms with Crippen LogP contribution in [0.3, 0.4) is 0 Å². The van der Waals surface area contributed by atoms with Crippen molar-refractivity contribution in [3.63, 3.8) is 0 Å². The summed E-state index contributed by atoms with van der Waals surface area (Å²) < 4.78 is 4.91. The number of aromatic nitrogens is 4. The van der Waals surface area contributed by atoms with Crippen LogP contribution < -0.4 is 0 Å². The van der Waals surface area contributed by atoms with Gasteiger partial charge in [-0.25, -0.2) is 9.97 Å². The number of benzene rings is 10. The van der Waals surface area contributed by atoms with Crippen LogP contribution in [-0.4, -0.2) is 19.1 Å². The molecule has 0 saturated heterocycles. The normalized spacial score (nSPS) is 11.9. The molecule has 3 aromatic heterocycles. The summed E-state index contributed by atoms with van der Waals surface area (Å²) in [5.74, 6) is 0.690. The van der Waals surface area contributed by atoms with E-state index in [0.29, 0.717) is 5.82 Å². The Bertz CT molecular complexity index is 3860. The fraction of sp³-hybridized carbons (Fsp3) is 0. The average Bonchev–Trinajstić information content (AvgIpc) is 3.85. The van der Waals surface area contributed by atoms with E-state index < -0.39 is 0 Å². The van der Waals surface area contributed by atoms with Gasteiger partial charge in [0.25, 0.3) is 0 Å². The summed E-state index contributed by atoms with van der Waals surface area (Å²) in [7, 11) is 0. The molecule has 0 aliphatic rings. The molecule has 0 unspecified atom stereocenters. The van der Waals surface area contributed by atoms with Crippen LogP contribution in [0.25, 0.3) is 121 Å². The average molecular weight is 789 g/mol. The van der Waals surface area contributed by atoms with E-state index in [9.17, 15) is 0 Å². The highest BCUT2D eigenvalue weighted by Gasteiger charge is 2.22. The summed E-state index contributed by atoms with van der Waals surface area (Å²) in [5.41, 5.74) is 11.7. The summed E-state index contributed by atoms with van der Waals surface area (Å²) >= 11 is 0. The Morgan fingerprint density at radius 2 is 0.855 bits per heavy atom. The minimum Gasteiger partial charge on any atom is -0.309 e. The maximum absolute atomic E-state index is 5.33. The highest BCUT2D eigenvalue weighted by molar-refractivity contribution is 6.25. The van der Waals surface area contributed by atoms with E-state index in [1.54, 1.807) is 0 Å². The van der Waals surface area contributed by atoms with Gasteiger partial charge in [-0.05, 0) is 86.9 Å². The van der Waals surface area contributed by atoms with Crippen LogP contribution in [0.1, 0.15) is 0 Å². The number of nitrogens with zero attached hydrogens (tertiary/aromatic N) is 4. The Balaban J connectivity index is 1.12. The van der Waals surface area contributed by atoms with Crippen LogP contribution in [0.4, 0.5) is 0 Å². The third kappa shape index (κ3) is 5.33. The first-order valence-corrected chi connectivity index (χ1v) is 21.2. The van der Waals surface area contributed by atoms with Gasteiger partial charge in [0.05, 0.1) is 33.5 Å². The van der Waals surface area contributed by atoms with E-state index in [1.165, 1.54) is 48.6 Å². The zero-order valence-electron chi connectivity index (χ0n) is 33.6. The van der Waals surface area contributed by atoms with E-state index in [-0.39, 0.29) is 0 Å². The second-order valence-electron chi connectivity index (χ2n) is 16.2. The van der Waals surface area contributed by atoms with E-state index >= 15 is 0 Å². The van der Waals surface area contributed by atoms with Gasteiger partial charge in [0.15, 0.2) is 5.82 Å². The van der Waals surface area contributed by atoms with Crippen molar-refractivity contribution in [3.8, 4) is 45.3 Å². The van der Waals surface area contributed by atoms with Crippen molar-refractivity contribution < 1.29 is 0 Å². The molecule has 3 heterocycles. The second-order valence-corrected chi connectivity index (χ2v) is 16.2. The molecule has 0 radical (unpaired) electrons. The van der Waals surface area contributed by atoms with Crippen molar-refractivity contribution in [2.24, 2.45) is 0 Å². The molecule has 288 valence electrons. The molecule has 0 amide bonds. The quantitative estimate of drug-likeness (QED) is 0.174. The van der Waals surface area contributed by atoms with Crippen molar-refractivity contribution in [1.29, 1.82) is 0 Å². The van der Waals surface area contributed by atoms with Gasteiger partial charge in [0.2, 0.25) is 0 Å². The number of hydrogen-bond donors (Lipinski definition) is 0. The molecule has 0 spiro atoms. The minimum absolute atomic E-state index is 0.690. The number of para-hydroxylation sites is 1. The third-order valence-corrected chi connectivity index (χ3v) is 12.7. The Labute approximate surface area is 357 Å².